The Morgan fingerprint density at radius 3 is 2.58 bits per heavy atom. The van der Waals surface area contributed by atoms with Gasteiger partial charge in [0.15, 0.2) is 5.78 Å². The summed E-state index contributed by atoms with van der Waals surface area (Å²) in [4.78, 5) is 19.3. The molecule has 0 aliphatic rings. The quantitative estimate of drug-likeness (QED) is 0.601. The van der Waals surface area contributed by atoms with Crippen LogP contribution in [0.4, 0.5) is 8.78 Å². The van der Waals surface area contributed by atoms with Crippen LogP contribution in [0.3, 0.4) is 0 Å². The zero-order chi connectivity index (χ0) is 18.7. The summed E-state index contributed by atoms with van der Waals surface area (Å²) >= 11 is 0. The first-order valence-corrected chi connectivity index (χ1v) is 8.49. The highest BCUT2D eigenvalue weighted by Gasteiger charge is 2.16. The topological polar surface area (TPSA) is 33.2 Å². The Labute approximate surface area is 151 Å². The number of para-hydroxylation sites is 1. The van der Waals surface area contributed by atoms with Crippen LogP contribution in [0.2, 0.25) is 0 Å². The van der Waals surface area contributed by atoms with Gasteiger partial charge in [0.2, 0.25) is 0 Å². The van der Waals surface area contributed by atoms with Gasteiger partial charge in [0.05, 0.1) is 11.2 Å². The number of carbonyl (C=O) groups is 1. The third kappa shape index (κ3) is 3.94. The van der Waals surface area contributed by atoms with E-state index >= 15 is 0 Å². The molecule has 134 valence electrons. The molecular weight excluding hydrogens is 334 g/mol. The molecule has 3 aromatic rings. The first-order valence-electron chi connectivity index (χ1n) is 8.49. The van der Waals surface area contributed by atoms with Crippen LogP contribution in [0, 0.1) is 11.6 Å². The smallest absolute Gasteiger partial charge is 0.163 e. The number of ketones is 1. The van der Waals surface area contributed by atoms with E-state index in [-0.39, 0.29) is 11.3 Å². The van der Waals surface area contributed by atoms with Gasteiger partial charge in [-0.15, -0.1) is 0 Å². The molecule has 0 saturated heterocycles. The van der Waals surface area contributed by atoms with Crippen LogP contribution < -0.4 is 0 Å². The Kier molecular flexibility index (Phi) is 5.38. The summed E-state index contributed by atoms with van der Waals surface area (Å²) in [5.74, 6) is -1.35. The molecule has 0 spiro atoms. The summed E-state index contributed by atoms with van der Waals surface area (Å²) in [6.45, 7) is 0.814. The van der Waals surface area contributed by atoms with Crippen molar-refractivity contribution in [3.8, 4) is 11.3 Å². The zero-order valence-corrected chi connectivity index (χ0v) is 14.8. The highest BCUT2D eigenvalue weighted by molar-refractivity contribution is 6.08. The van der Waals surface area contributed by atoms with Gasteiger partial charge in [0.25, 0.3) is 0 Å². The third-order valence-corrected chi connectivity index (χ3v) is 4.23. The lowest BCUT2D eigenvalue weighted by atomic mass is 9.98. The molecule has 1 aromatic heterocycles. The van der Waals surface area contributed by atoms with E-state index in [1.807, 2.05) is 37.2 Å². The van der Waals surface area contributed by atoms with Crippen LogP contribution in [0.15, 0.2) is 48.5 Å². The molecule has 0 atom stereocenters. The summed E-state index contributed by atoms with van der Waals surface area (Å²) < 4.78 is 27.4. The number of aromatic nitrogens is 1. The van der Waals surface area contributed by atoms with Crippen LogP contribution in [0.5, 0.6) is 0 Å². The molecular formula is C21H20F2N2O. The minimum atomic E-state index is -0.696. The Hall–Kier alpha value is -2.66. The minimum Gasteiger partial charge on any atom is -0.309 e. The molecule has 0 aliphatic carbocycles. The van der Waals surface area contributed by atoms with Gasteiger partial charge < -0.3 is 4.90 Å². The van der Waals surface area contributed by atoms with E-state index < -0.39 is 11.6 Å². The first-order chi connectivity index (χ1) is 12.5. The SMILES string of the molecule is CN(C)CCCC(=O)c1cc(-c2ccc(F)cc2F)nc2ccccc12. The number of nitrogens with zero attached hydrogens (tertiary/aromatic N) is 2. The highest BCUT2D eigenvalue weighted by Crippen LogP contribution is 2.28. The van der Waals surface area contributed by atoms with Crippen molar-refractivity contribution in [3.63, 3.8) is 0 Å². The molecule has 0 saturated carbocycles. The average molecular weight is 354 g/mol. The van der Waals surface area contributed by atoms with Crippen molar-refractivity contribution in [1.29, 1.82) is 0 Å². The fraction of sp³-hybridized carbons (Fsp3) is 0.238. The van der Waals surface area contributed by atoms with Crippen molar-refractivity contribution in [3.05, 3.63) is 65.7 Å². The molecule has 0 radical (unpaired) electrons. The lowest BCUT2D eigenvalue weighted by Crippen LogP contribution is -2.14. The number of hydrogen-bond donors (Lipinski definition) is 0. The maximum Gasteiger partial charge on any atom is 0.163 e. The van der Waals surface area contributed by atoms with E-state index in [0.29, 0.717) is 23.2 Å². The number of hydrogen-bond acceptors (Lipinski definition) is 3. The Balaban J connectivity index is 2.05. The van der Waals surface area contributed by atoms with Crippen LogP contribution in [0.1, 0.15) is 23.2 Å². The van der Waals surface area contributed by atoms with Gasteiger partial charge in [0, 0.05) is 29.0 Å². The Bertz CT molecular complexity index is 954. The number of rotatable bonds is 6. The Morgan fingerprint density at radius 1 is 1.08 bits per heavy atom. The second kappa shape index (κ2) is 7.70. The normalized spacial score (nSPS) is 11.3. The molecule has 26 heavy (non-hydrogen) atoms. The number of carbonyl (C=O) groups excluding carboxylic acids is 1. The number of benzene rings is 2. The second-order valence-electron chi connectivity index (χ2n) is 6.53. The summed E-state index contributed by atoms with van der Waals surface area (Å²) in [5.41, 5.74) is 1.65. The van der Waals surface area contributed by atoms with Gasteiger partial charge in [0.1, 0.15) is 11.6 Å². The van der Waals surface area contributed by atoms with Gasteiger partial charge in [-0.25, -0.2) is 13.8 Å². The van der Waals surface area contributed by atoms with Crippen LogP contribution in [-0.2, 0) is 0 Å². The van der Waals surface area contributed by atoms with E-state index in [9.17, 15) is 13.6 Å². The maximum atomic E-state index is 14.2. The van der Waals surface area contributed by atoms with Gasteiger partial charge in [-0.2, -0.15) is 0 Å². The molecule has 5 heteroatoms. The molecule has 3 nitrogen and oxygen atoms in total. The van der Waals surface area contributed by atoms with Gasteiger partial charge in [-0.05, 0) is 51.3 Å². The van der Waals surface area contributed by atoms with Crippen molar-refractivity contribution in [2.45, 2.75) is 12.8 Å². The molecule has 0 bridgehead atoms. The maximum absolute atomic E-state index is 14.2. The third-order valence-electron chi connectivity index (χ3n) is 4.23. The molecule has 0 aliphatic heterocycles. The van der Waals surface area contributed by atoms with Gasteiger partial charge in [-0.3, -0.25) is 4.79 Å². The van der Waals surface area contributed by atoms with E-state index in [1.54, 1.807) is 12.1 Å². The zero-order valence-electron chi connectivity index (χ0n) is 14.8. The van der Waals surface area contributed by atoms with Crippen molar-refractivity contribution < 1.29 is 13.6 Å². The monoisotopic (exact) mass is 354 g/mol. The molecule has 0 N–H and O–H groups in total. The van der Waals surface area contributed by atoms with Crippen molar-refractivity contribution in [2.75, 3.05) is 20.6 Å². The summed E-state index contributed by atoms with van der Waals surface area (Å²) in [6, 6.07) is 12.3. The molecule has 0 amide bonds. The summed E-state index contributed by atoms with van der Waals surface area (Å²) in [5, 5.41) is 0.744. The number of halogens is 2. The lowest BCUT2D eigenvalue weighted by Gasteiger charge is -2.11. The molecule has 0 fully saturated rings. The van der Waals surface area contributed by atoms with E-state index in [2.05, 4.69) is 4.98 Å². The van der Waals surface area contributed by atoms with Crippen LogP contribution >= 0.6 is 0 Å². The van der Waals surface area contributed by atoms with Crippen LogP contribution in [0.25, 0.3) is 22.2 Å². The molecule has 1 heterocycles. The number of pyridine rings is 1. The fourth-order valence-electron chi connectivity index (χ4n) is 2.93. The highest BCUT2D eigenvalue weighted by atomic mass is 19.1. The largest absolute Gasteiger partial charge is 0.309 e. The predicted octanol–water partition coefficient (Wildman–Crippen LogP) is 4.70. The fourth-order valence-corrected chi connectivity index (χ4v) is 2.93. The van der Waals surface area contributed by atoms with Crippen molar-refractivity contribution in [2.24, 2.45) is 0 Å². The van der Waals surface area contributed by atoms with Gasteiger partial charge in [-0.1, -0.05) is 18.2 Å². The van der Waals surface area contributed by atoms with E-state index in [0.717, 1.165) is 24.4 Å². The average Bonchev–Trinajstić information content (AvgIpc) is 2.60. The van der Waals surface area contributed by atoms with Crippen LogP contribution in [-0.4, -0.2) is 36.3 Å². The summed E-state index contributed by atoms with van der Waals surface area (Å²) in [6.07, 6.45) is 1.14. The Morgan fingerprint density at radius 2 is 1.85 bits per heavy atom. The molecule has 0 unspecified atom stereocenters. The van der Waals surface area contributed by atoms with E-state index in [4.69, 9.17) is 0 Å². The molecule has 3 rings (SSSR count). The lowest BCUT2D eigenvalue weighted by molar-refractivity contribution is 0.0979. The predicted molar refractivity (Wildman–Crippen MR) is 99.2 cm³/mol. The number of fused-ring (bicyclic) bond motifs is 1. The van der Waals surface area contributed by atoms with E-state index in [1.165, 1.54) is 12.1 Å². The van der Waals surface area contributed by atoms with Crippen molar-refractivity contribution >= 4 is 16.7 Å². The minimum absolute atomic E-state index is 0.00535. The standard InChI is InChI=1S/C21H20F2N2O/c1-25(2)11-5-8-21(26)17-13-20(16-10-9-14(22)12-18(16)23)24-19-7-4-3-6-15(17)19/h3-4,6-7,9-10,12-13H,5,8,11H2,1-2H3. The number of Topliss-reactive ketones (excluding diaryl/α,β-unsaturated/α-hetero) is 1. The first kappa shape index (κ1) is 18.1. The summed E-state index contributed by atoms with van der Waals surface area (Å²) in [7, 11) is 3.92. The second-order valence-corrected chi connectivity index (χ2v) is 6.53. The molecule has 2 aromatic carbocycles. The van der Waals surface area contributed by atoms with Crippen molar-refractivity contribution in [1.82, 2.24) is 9.88 Å². The van der Waals surface area contributed by atoms with Gasteiger partial charge >= 0.3 is 0 Å².